The van der Waals surface area contributed by atoms with Gasteiger partial charge in [0.25, 0.3) is 0 Å². The molecule has 2 atom stereocenters. The van der Waals surface area contributed by atoms with Gasteiger partial charge in [0, 0.05) is 17.3 Å². The second-order valence-corrected chi connectivity index (χ2v) is 12.3. The summed E-state index contributed by atoms with van der Waals surface area (Å²) in [6.45, 7) is 5.97. The number of likely N-dealkylation sites (tertiary alicyclic amines) is 1. The van der Waals surface area contributed by atoms with Crippen LogP contribution in [0.25, 0.3) is 0 Å². The van der Waals surface area contributed by atoms with E-state index in [-0.39, 0.29) is 24.2 Å². The molecule has 11 heteroatoms. The van der Waals surface area contributed by atoms with Gasteiger partial charge in [0.15, 0.2) is 5.84 Å². The van der Waals surface area contributed by atoms with E-state index in [2.05, 4.69) is 15.7 Å². The predicted octanol–water partition coefficient (Wildman–Crippen LogP) is 3.66. The van der Waals surface area contributed by atoms with E-state index in [9.17, 15) is 14.4 Å². The van der Waals surface area contributed by atoms with E-state index in [1.165, 1.54) is 11.3 Å². The van der Waals surface area contributed by atoms with Gasteiger partial charge in [-0.1, -0.05) is 60.7 Å². The number of thiophene rings is 1. The van der Waals surface area contributed by atoms with Crippen LogP contribution in [0.4, 0.5) is 4.79 Å². The van der Waals surface area contributed by atoms with Gasteiger partial charge < -0.3 is 31.8 Å². The minimum absolute atomic E-state index is 0.222. The summed E-state index contributed by atoms with van der Waals surface area (Å²) in [7, 11) is 0. The van der Waals surface area contributed by atoms with Crippen molar-refractivity contribution in [3.05, 3.63) is 93.7 Å². The molecule has 1 aromatic heterocycles. The Bertz CT molecular complexity index is 1360. The molecule has 2 aromatic carbocycles. The lowest BCUT2D eigenvalue weighted by molar-refractivity contribution is -0.140. The number of carbonyl (C=O) groups is 3. The molecule has 3 aromatic rings. The van der Waals surface area contributed by atoms with Crippen molar-refractivity contribution in [3.8, 4) is 0 Å². The number of hydrogen-bond acceptors (Lipinski definition) is 7. The van der Waals surface area contributed by atoms with Crippen molar-refractivity contribution in [2.75, 3.05) is 6.54 Å². The number of hydrogen-bond donors (Lipinski definition) is 4. The van der Waals surface area contributed by atoms with Crippen molar-refractivity contribution in [2.45, 2.75) is 63.8 Å². The van der Waals surface area contributed by atoms with Crippen LogP contribution < -0.4 is 22.2 Å². The third-order valence-electron chi connectivity index (χ3n) is 6.92. The average molecular weight is 591 g/mol. The fourth-order valence-corrected chi connectivity index (χ4v) is 5.92. The Morgan fingerprint density at radius 2 is 1.64 bits per heavy atom. The number of carbonyl (C=O) groups excluding carboxylic acids is 3. The van der Waals surface area contributed by atoms with Crippen LogP contribution in [-0.4, -0.2) is 52.9 Å². The number of alkyl carbamates (subject to hydrolysis) is 1. The molecule has 0 bridgehead atoms. The van der Waals surface area contributed by atoms with Gasteiger partial charge in [-0.2, -0.15) is 5.10 Å². The topological polar surface area (TPSA) is 152 Å². The molecule has 6 N–H and O–H groups in total. The zero-order valence-electron chi connectivity index (χ0n) is 24.1. The Hall–Kier alpha value is -4.38. The largest absolute Gasteiger partial charge is 0.444 e. The van der Waals surface area contributed by atoms with Crippen molar-refractivity contribution in [3.63, 3.8) is 0 Å². The summed E-state index contributed by atoms with van der Waals surface area (Å²) in [4.78, 5) is 44.0. The predicted molar refractivity (Wildman–Crippen MR) is 164 cm³/mol. The first kappa shape index (κ1) is 30.6. The molecule has 0 spiro atoms. The molecule has 2 heterocycles. The fraction of sp³-hybridized carbons (Fsp3) is 0.355. The Balaban J connectivity index is 1.61. The van der Waals surface area contributed by atoms with Crippen LogP contribution in [0.15, 0.2) is 77.9 Å². The van der Waals surface area contributed by atoms with Gasteiger partial charge in [-0.25, -0.2) is 4.79 Å². The van der Waals surface area contributed by atoms with Crippen molar-refractivity contribution in [1.82, 2.24) is 15.5 Å². The monoisotopic (exact) mass is 590 g/mol. The van der Waals surface area contributed by atoms with Crippen LogP contribution in [0.5, 0.6) is 0 Å². The summed E-state index contributed by atoms with van der Waals surface area (Å²) < 4.78 is 5.57. The van der Waals surface area contributed by atoms with Crippen molar-refractivity contribution in [2.24, 2.45) is 16.7 Å². The lowest BCUT2D eigenvalue weighted by Crippen LogP contribution is -2.56. The van der Waals surface area contributed by atoms with Crippen LogP contribution in [0.1, 0.15) is 60.4 Å². The van der Waals surface area contributed by atoms with E-state index in [0.29, 0.717) is 24.3 Å². The highest BCUT2D eigenvalue weighted by molar-refractivity contribution is 7.14. The number of nitrogens with one attached hydrogen (secondary N) is 2. The van der Waals surface area contributed by atoms with Crippen molar-refractivity contribution < 1.29 is 19.1 Å². The summed E-state index contributed by atoms with van der Waals surface area (Å²) in [5.74, 6) is 4.37. The minimum Gasteiger partial charge on any atom is -0.444 e. The summed E-state index contributed by atoms with van der Waals surface area (Å²) in [5, 5.41) is 9.33. The van der Waals surface area contributed by atoms with E-state index < -0.39 is 29.7 Å². The van der Waals surface area contributed by atoms with Crippen LogP contribution >= 0.6 is 11.3 Å². The average Bonchev–Trinajstić information content (AvgIpc) is 3.65. The number of ether oxygens (including phenoxy) is 1. The molecule has 222 valence electrons. The Labute approximate surface area is 250 Å². The van der Waals surface area contributed by atoms with E-state index in [4.69, 9.17) is 16.3 Å². The van der Waals surface area contributed by atoms with Gasteiger partial charge in [-0.3, -0.25) is 9.59 Å². The number of rotatable bonds is 9. The number of nitrogens with zero attached hydrogens (tertiary/aromatic N) is 2. The summed E-state index contributed by atoms with van der Waals surface area (Å²) in [5.41, 5.74) is 6.73. The van der Waals surface area contributed by atoms with E-state index in [1.807, 2.05) is 66.7 Å². The molecule has 42 heavy (non-hydrogen) atoms. The standard InChI is InChI=1S/C31H38N6O4S/c1-31(2,3)41-30(40)35-26(25(20-11-6-4-7-12-20)21-13-8-5-9-14-21)29(39)37-18-10-15-23(37)28(38)34-19-22-16-17-24(42-22)27(32)36-33/h4-9,11-14,16-17,23,25-26H,10,15,18-19,33H2,1-3H3,(H2,32,36)(H,34,38)(H,35,40)/t23-,26+/m0/s1. The van der Waals surface area contributed by atoms with Gasteiger partial charge in [-0.15, -0.1) is 11.3 Å². The summed E-state index contributed by atoms with van der Waals surface area (Å²) >= 11 is 1.38. The lowest BCUT2D eigenvalue weighted by Gasteiger charge is -2.34. The van der Waals surface area contributed by atoms with E-state index >= 15 is 0 Å². The molecule has 10 nitrogen and oxygen atoms in total. The first-order valence-corrected chi connectivity index (χ1v) is 14.7. The molecule has 1 fully saturated rings. The van der Waals surface area contributed by atoms with Gasteiger partial charge in [-0.05, 0) is 56.9 Å². The maximum absolute atomic E-state index is 14.4. The van der Waals surface area contributed by atoms with Crippen LogP contribution in [0, 0.1) is 0 Å². The smallest absolute Gasteiger partial charge is 0.408 e. The highest BCUT2D eigenvalue weighted by Crippen LogP contribution is 2.31. The van der Waals surface area contributed by atoms with Crippen molar-refractivity contribution >= 4 is 35.1 Å². The Morgan fingerprint density at radius 3 is 2.21 bits per heavy atom. The Kier molecular flexibility index (Phi) is 9.84. The zero-order chi connectivity index (χ0) is 30.3. The third kappa shape index (κ3) is 7.67. The Morgan fingerprint density at radius 1 is 1.02 bits per heavy atom. The maximum atomic E-state index is 14.4. The highest BCUT2D eigenvalue weighted by atomic mass is 32.1. The number of benzene rings is 2. The summed E-state index contributed by atoms with van der Waals surface area (Å²) in [6.07, 6.45) is 0.476. The number of amidine groups is 1. The molecule has 4 rings (SSSR count). The normalized spacial score (nSPS) is 16.2. The SMILES string of the molecule is CC(C)(C)OC(=O)N[C@@H](C(=O)N1CCC[C@H]1C(=O)NCc1ccc(/C(N)=N/N)s1)C(c1ccccc1)c1ccccc1. The van der Waals surface area contributed by atoms with Gasteiger partial charge in [0.1, 0.15) is 17.7 Å². The quantitative estimate of drug-likeness (QED) is 0.129. The van der Waals surface area contributed by atoms with E-state index in [1.54, 1.807) is 31.7 Å². The van der Waals surface area contributed by atoms with Crippen LogP contribution in [-0.2, 0) is 20.9 Å². The van der Waals surface area contributed by atoms with Crippen LogP contribution in [0.2, 0.25) is 0 Å². The van der Waals surface area contributed by atoms with Gasteiger partial charge in [0.05, 0.1) is 11.4 Å². The number of amides is 3. The third-order valence-corrected chi connectivity index (χ3v) is 8.03. The maximum Gasteiger partial charge on any atom is 0.408 e. The van der Waals surface area contributed by atoms with Gasteiger partial charge >= 0.3 is 6.09 Å². The molecular formula is C31H38N6O4S. The highest BCUT2D eigenvalue weighted by Gasteiger charge is 2.42. The first-order chi connectivity index (χ1) is 20.1. The summed E-state index contributed by atoms with van der Waals surface area (Å²) in [6, 6.07) is 21.1. The van der Waals surface area contributed by atoms with Crippen molar-refractivity contribution in [1.29, 1.82) is 0 Å². The molecule has 0 aliphatic carbocycles. The second-order valence-electron chi connectivity index (χ2n) is 11.1. The minimum atomic E-state index is -1.02. The van der Waals surface area contributed by atoms with Crippen LogP contribution in [0.3, 0.4) is 0 Å². The molecule has 1 saturated heterocycles. The fourth-order valence-electron chi connectivity index (χ4n) is 5.07. The van der Waals surface area contributed by atoms with E-state index in [0.717, 1.165) is 16.0 Å². The molecule has 0 unspecified atom stereocenters. The molecule has 0 saturated carbocycles. The van der Waals surface area contributed by atoms with Gasteiger partial charge in [0.2, 0.25) is 11.8 Å². The number of nitrogens with two attached hydrogens (primary N) is 2. The molecule has 0 radical (unpaired) electrons. The first-order valence-electron chi connectivity index (χ1n) is 13.9. The molecule has 1 aliphatic heterocycles. The number of hydrazone groups is 1. The molecule has 3 amide bonds. The second kappa shape index (κ2) is 13.5. The molecular weight excluding hydrogens is 552 g/mol. The lowest BCUT2D eigenvalue weighted by atomic mass is 9.84. The molecule has 1 aliphatic rings. The zero-order valence-corrected chi connectivity index (χ0v) is 24.9.